The van der Waals surface area contributed by atoms with Gasteiger partial charge in [0.05, 0.1) is 0 Å². The Bertz CT molecular complexity index is 245. The summed E-state index contributed by atoms with van der Waals surface area (Å²) in [6, 6.07) is 0. The normalized spacial score (nSPS) is 24.4. The van der Waals surface area contributed by atoms with Crippen molar-refractivity contribution in [3.05, 3.63) is 0 Å². The summed E-state index contributed by atoms with van der Waals surface area (Å²) >= 11 is 0. The lowest BCUT2D eigenvalue weighted by atomic mass is 10.0. The van der Waals surface area contributed by atoms with Crippen molar-refractivity contribution < 1.29 is 9.00 Å². The largest absolute Gasteiger partial charge is 0.368 e. The molecule has 0 aromatic carbocycles. The van der Waals surface area contributed by atoms with Gasteiger partial charge in [0.15, 0.2) is 0 Å². The maximum atomic E-state index is 11.1. The maximum Gasteiger partial charge on any atom is 0.238 e. The second kappa shape index (κ2) is 4.37. The number of primary amides is 1. The number of nitrogens with zero attached hydrogens (tertiary/aromatic N) is 1. The van der Waals surface area contributed by atoms with Crippen LogP contribution < -0.4 is 11.5 Å². The van der Waals surface area contributed by atoms with Crippen molar-refractivity contribution in [2.45, 2.75) is 12.5 Å². The van der Waals surface area contributed by atoms with Gasteiger partial charge in [0.2, 0.25) is 5.91 Å². The van der Waals surface area contributed by atoms with Crippen LogP contribution in [0.1, 0.15) is 6.92 Å². The van der Waals surface area contributed by atoms with Crippen molar-refractivity contribution in [1.29, 1.82) is 0 Å². The van der Waals surface area contributed by atoms with Gasteiger partial charge in [0, 0.05) is 41.9 Å². The molecule has 82 valence electrons. The molecule has 0 aromatic heterocycles. The van der Waals surface area contributed by atoms with Crippen molar-refractivity contribution in [2.75, 3.05) is 31.1 Å². The Morgan fingerprint density at radius 3 is 2.43 bits per heavy atom. The van der Waals surface area contributed by atoms with Crippen molar-refractivity contribution >= 4 is 16.7 Å². The number of carbonyl (C=O) groups is 1. The zero-order valence-corrected chi connectivity index (χ0v) is 9.18. The molecule has 6 heteroatoms. The molecular formula is C8H17N3O2S. The molecule has 0 radical (unpaired) electrons. The summed E-state index contributed by atoms with van der Waals surface area (Å²) in [4.78, 5) is 13.0. The van der Waals surface area contributed by atoms with Crippen LogP contribution in [-0.4, -0.2) is 51.7 Å². The first kappa shape index (κ1) is 11.6. The molecule has 0 bridgehead atoms. The van der Waals surface area contributed by atoms with Gasteiger partial charge in [0.1, 0.15) is 5.54 Å². The molecule has 1 unspecified atom stereocenters. The number of nitrogens with two attached hydrogens (primary N) is 2. The highest BCUT2D eigenvalue weighted by Gasteiger charge is 2.29. The molecule has 1 fully saturated rings. The van der Waals surface area contributed by atoms with Crippen LogP contribution in [-0.2, 0) is 15.6 Å². The van der Waals surface area contributed by atoms with Crippen molar-refractivity contribution in [1.82, 2.24) is 4.90 Å². The van der Waals surface area contributed by atoms with E-state index in [1.807, 2.05) is 4.90 Å². The van der Waals surface area contributed by atoms with Gasteiger partial charge < -0.3 is 11.5 Å². The zero-order valence-electron chi connectivity index (χ0n) is 8.36. The number of hydrogen-bond acceptors (Lipinski definition) is 4. The van der Waals surface area contributed by atoms with E-state index in [2.05, 4.69) is 0 Å². The van der Waals surface area contributed by atoms with E-state index in [9.17, 15) is 9.00 Å². The third-order valence-electron chi connectivity index (χ3n) is 2.39. The summed E-state index contributed by atoms with van der Waals surface area (Å²) in [5.74, 6) is 0.827. The average molecular weight is 219 g/mol. The first-order chi connectivity index (χ1) is 6.42. The minimum absolute atomic E-state index is 0.444. The topological polar surface area (TPSA) is 89.4 Å². The number of rotatable bonds is 3. The summed E-state index contributed by atoms with van der Waals surface area (Å²) < 4.78 is 11.1. The fourth-order valence-electron chi connectivity index (χ4n) is 1.38. The highest BCUT2D eigenvalue weighted by atomic mass is 32.2. The minimum atomic E-state index is -0.987. The van der Waals surface area contributed by atoms with Crippen LogP contribution in [0.2, 0.25) is 0 Å². The van der Waals surface area contributed by atoms with Gasteiger partial charge in [-0.15, -0.1) is 0 Å². The Morgan fingerprint density at radius 2 is 2.00 bits per heavy atom. The van der Waals surface area contributed by atoms with E-state index >= 15 is 0 Å². The molecule has 1 atom stereocenters. The molecule has 1 amide bonds. The van der Waals surface area contributed by atoms with Crippen LogP contribution in [0.4, 0.5) is 0 Å². The van der Waals surface area contributed by atoms with E-state index in [0.29, 0.717) is 18.1 Å². The van der Waals surface area contributed by atoms with E-state index in [-0.39, 0.29) is 0 Å². The maximum absolute atomic E-state index is 11.1. The Labute approximate surface area is 86.3 Å². The molecule has 1 saturated heterocycles. The lowest BCUT2D eigenvalue weighted by Gasteiger charge is -2.32. The molecule has 1 rings (SSSR count). The quantitative estimate of drug-likeness (QED) is 0.589. The van der Waals surface area contributed by atoms with Crippen molar-refractivity contribution in [2.24, 2.45) is 11.5 Å². The first-order valence-electron chi connectivity index (χ1n) is 4.58. The Balaban J connectivity index is 2.45. The van der Waals surface area contributed by atoms with Gasteiger partial charge in [0.25, 0.3) is 0 Å². The summed E-state index contributed by atoms with van der Waals surface area (Å²) in [6.07, 6.45) is 0. The third-order valence-corrected chi connectivity index (χ3v) is 3.66. The molecule has 4 N–H and O–H groups in total. The standard InChI is InChI=1S/C8H17N3O2S/c1-8(10,7(9)12)6-11-2-4-14(13)5-3-11/h2-6,10H2,1H3,(H2,9,12). The second-order valence-corrected chi connectivity index (χ2v) is 5.60. The lowest BCUT2D eigenvalue weighted by Crippen LogP contribution is -2.58. The predicted octanol–water partition coefficient (Wildman–Crippen LogP) is -1.75. The summed E-state index contributed by atoms with van der Waals surface area (Å²) in [5.41, 5.74) is 9.91. The van der Waals surface area contributed by atoms with Gasteiger partial charge in [-0.1, -0.05) is 0 Å². The fraction of sp³-hybridized carbons (Fsp3) is 0.875. The van der Waals surface area contributed by atoms with Gasteiger partial charge in [-0.05, 0) is 6.92 Å². The summed E-state index contributed by atoms with van der Waals surface area (Å²) in [7, 11) is -0.699. The van der Waals surface area contributed by atoms with Crippen LogP contribution in [0.3, 0.4) is 0 Å². The van der Waals surface area contributed by atoms with E-state index in [4.69, 9.17) is 11.5 Å². The zero-order chi connectivity index (χ0) is 10.8. The molecule has 1 aliphatic rings. The van der Waals surface area contributed by atoms with Crippen LogP contribution in [0.25, 0.3) is 0 Å². The highest BCUT2D eigenvalue weighted by molar-refractivity contribution is 7.85. The fourth-order valence-corrected chi connectivity index (χ4v) is 2.50. The Kier molecular flexibility index (Phi) is 3.63. The summed E-state index contributed by atoms with van der Waals surface area (Å²) in [6.45, 7) is 3.53. The monoisotopic (exact) mass is 219 g/mol. The van der Waals surface area contributed by atoms with E-state index in [1.165, 1.54) is 0 Å². The molecule has 14 heavy (non-hydrogen) atoms. The molecule has 0 aromatic rings. The molecule has 1 heterocycles. The molecule has 0 spiro atoms. The molecule has 0 aliphatic carbocycles. The number of hydrogen-bond donors (Lipinski definition) is 2. The second-order valence-electron chi connectivity index (χ2n) is 3.91. The van der Waals surface area contributed by atoms with E-state index in [1.54, 1.807) is 6.92 Å². The third kappa shape index (κ3) is 3.04. The van der Waals surface area contributed by atoms with Crippen LogP contribution in [0.5, 0.6) is 0 Å². The van der Waals surface area contributed by atoms with Gasteiger partial charge in [-0.3, -0.25) is 13.9 Å². The average Bonchev–Trinajstić information content (AvgIpc) is 2.08. The smallest absolute Gasteiger partial charge is 0.238 e. The van der Waals surface area contributed by atoms with Crippen LogP contribution in [0, 0.1) is 0 Å². The van der Waals surface area contributed by atoms with Gasteiger partial charge in [-0.25, -0.2) is 0 Å². The lowest BCUT2D eigenvalue weighted by molar-refractivity contribution is -0.123. The van der Waals surface area contributed by atoms with Crippen LogP contribution in [0.15, 0.2) is 0 Å². The van der Waals surface area contributed by atoms with Gasteiger partial charge >= 0.3 is 0 Å². The molecular weight excluding hydrogens is 202 g/mol. The van der Waals surface area contributed by atoms with E-state index in [0.717, 1.165) is 13.1 Å². The van der Waals surface area contributed by atoms with Gasteiger partial charge in [-0.2, -0.15) is 0 Å². The predicted molar refractivity (Wildman–Crippen MR) is 56.1 cm³/mol. The van der Waals surface area contributed by atoms with Crippen molar-refractivity contribution in [3.8, 4) is 0 Å². The minimum Gasteiger partial charge on any atom is -0.368 e. The molecule has 5 nitrogen and oxygen atoms in total. The highest BCUT2D eigenvalue weighted by Crippen LogP contribution is 2.06. The number of carbonyl (C=O) groups excluding carboxylic acids is 1. The molecule has 0 saturated carbocycles. The van der Waals surface area contributed by atoms with Crippen molar-refractivity contribution in [3.63, 3.8) is 0 Å². The first-order valence-corrected chi connectivity index (χ1v) is 6.07. The number of amides is 1. The SMILES string of the molecule is CC(N)(CN1CCS(=O)CC1)C(N)=O. The van der Waals surface area contributed by atoms with E-state index < -0.39 is 22.2 Å². The Hall–Kier alpha value is -0.460. The van der Waals surface area contributed by atoms with Crippen LogP contribution >= 0.6 is 0 Å². The summed E-state index contributed by atoms with van der Waals surface area (Å²) in [5, 5.41) is 0. The Morgan fingerprint density at radius 1 is 1.50 bits per heavy atom. The molecule has 1 aliphatic heterocycles.